The highest BCUT2D eigenvalue weighted by Gasteiger charge is 2.41. The first-order valence-corrected chi connectivity index (χ1v) is 4.45. The molecule has 0 heterocycles. The predicted octanol–water partition coefficient (Wildman–Crippen LogP) is 2.16. The number of hydrogen-bond acceptors (Lipinski definition) is 2. The molecular formula is C11H11FO2. The smallest absolute Gasteiger partial charge is 0.200 e. The van der Waals surface area contributed by atoms with Crippen LogP contribution >= 0.6 is 0 Å². The summed E-state index contributed by atoms with van der Waals surface area (Å²) in [6.45, 7) is 1.32. The molecule has 0 N–H and O–H groups in total. The third-order valence-electron chi connectivity index (χ3n) is 2.56. The third kappa shape index (κ3) is 1.20. The summed E-state index contributed by atoms with van der Waals surface area (Å²) in [5, 5.41) is 0. The van der Waals surface area contributed by atoms with E-state index in [1.165, 1.54) is 14.0 Å². The van der Waals surface area contributed by atoms with E-state index >= 15 is 0 Å². The van der Waals surface area contributed by atoms with Crippen LogP contribution in [-0.4, -0.2) is 18.6 Å². The van der Waals surface area contributed by atoms with Gasteiger partial charge in [-0.2, -0.15) is 0 Å². The van der Waals surface area contributed by atoms with Crippen molar-refractivity contribution in [1.82, 2.24) is 0 Å². The first-order valence-electron chi connectivity index (χ1n) is 4.45. The van der Waals surface area contributed by atoms with Crippen molar-refractivity contribution in [1.29, 1.82) is 0 Å². The lowest BCUT2D eigenvalue weighted by Gasteiger charge is -2.07. The molecule has 2 rings (SSSR count). The fourth-order valence-corrected chi connectivity index (χ4v) is 1.77. The van der Waals surface area contributed by atoms with Gasteiger partial charge in [0.25, 0.3) is 0 Å². The number of Topliss-reactive ketones (excluding diaryl/α,β-unsaturated/α-hetero) is 1. The van der Waals surface area contributed by atoms with Gasteiger partial charge >= 0.3 is 0 Å². The molecule has 1 unspecified atom stereocenters. The molecule has 1 aliphatic carbocycles. The number of methoxy groups -OCH3 is 1. The molecule has 3 heteroatoms. The minimum atomic E-state index is -1.74. The average Bonchev–Trinajstić information content (AvgIpc) is 2.38. The Kier molecular flexibility index (Phi) is 1.84. The maximum atomic E-state index is 13.6. The first kappa shape index (κ1) is 9.19. The molecule has 0 aromatic heterocycles. The van der Waals surface area contributed by atoms with E-state index < -0.39 is 11.5 Å². The summed E-state index contributed by atoms with van der Waals surface area (Å²) in [4.78, 5) is 11.6. The zero-order valence-corrected chi connectivity index (χ0v) is 8.13. The molecule has 1 aromatic rings. The highest BCUT2D eigenvalue weighted by Crippen LogP contribution is 2.34. The number of alkyl halides is 1. The van der Waals surface area contributed by atoms with Gasteiger partial charge in [-0.25, -0.2) is 4.39 Å². The number of rotatable bonds is 1. The molecule has 0 radical (unpaired) electrons. The summed E-state index contributed by atoms with van der Waals surface area (Å²) >= 11 is 0. The van der Waals surface area contributed by atoms with E-state index in [4.69, 9.17) is 4.74 Å². The van der Waals surface area contributed by atoms with Crippen molar-refractivity contribution < 1.29 is 13.9 Å². The van der Waals surface area contributed by atoms with Crippen LogP contribution in [0, 0.1) is 0 Å². The van der Waals surface area contributed by atoms with Crippen molar-refractivity contribution in [3.05, 3.63) is 29.3 Å². The van der Waals surface area contributed by atoms with Crippen LogP contribution in [0.2, 0.25) is 0 Å². The Morgan fingerprint density at radius 2 is 2.21 bits per heavy atom. The molecule has 0 amide bonds. The Hall–Kier alpha value is -1.38. The SMILES string of the molecule is COc1ccc2c(c1)C(=O)C(C)(F)C2. The van der Waals surface area contributed by atoms with Crippen molar-refractivity contribution in [3.63, 3.8) is 0 Å². The number of halogens is 1. The summed E-state index contributed by atoms with van der Waals surface area (Å²) in [6, 6.07) is 5.09. The van der Waals surface area contributed by atoms with E-state index in [1.807, 2.05) is 0 Å². The Morgan fingerprint density at radius 1 is 1.50 bits per heavy atom. The van der Waals surface area contributed by atoms with Crippen LogP contribution in [0.4, 0.5) is 4.39 Å². The molecule has 0 aliphatic heterocycles. The second-order valence-electron chi connectivity index (χ2n) is 3.73. The second kappa shape index (κ2) is 2.80. The number of benzene rings is 1. The maximum Gasteiger partial charge on any atom is 0.200 e. The Morgan fingerprint density at radius 3 is 2.86 bits per heavy atom. The lowest BCUT2D eigenvalue weighted by atomic mass is 10.1. The van der Waals surface area contributed by atoms with Gasteiger partial charge in [0.2, 0.25) is 0 Å². The third-order valence-corrected chi connectivity index (χ3v) is 2.56. The molecule has 0 bridgehead atoms. The molecule has 14 heavy (non-hydrogen) atoms. The van der Waals surface area contributed by atoms with E-state index in [1.54, 1.807) is 18.2 Å². The molecule has 74 valence electrons. The summed E-state index contributed by atoms with van der Waals surface area (Å²) in [6.07, 6.45) is 0.172. The molecule has 1 atom stereocenters. The van der Waals surface area contributed by atoms with Crippen LogP contribution in [0.5, 0.6) is 5.75 Å². The number of ketones is 1. The van der Waals surface area contributed by atoms with Gasteiger partial charge in [-0.3, -0.25) is 4.79 Å². The van der Waals surface area contributed by atoms with E-state index in [0.29, 0.717) is 11.3 Å². The number of fused-ring (bicyclic) bond motifs is 1. The van der Waals surface area contributed by atoms with Gasteiger partial charge in [0.15, 0.2) is 11.5 Å². The second-order valence-corrected chi connectivity index (χ2v) is 3.73. The van der Waals surface area contributed by atoms with Crippen molar-refractivity contribution in [2.24, 2.45) is 0 Å². The molecule has 0 fully saturated rings. The Bertz CT molecular complexity index is 396. The van der Waals surface area contributed by atoms with Crippen molar-refractivity contribution in [2.75, 3.05) is 7.11 Å². The molecular weight excluding hydrogens is 183 g/mol. The highest BCUT2D eigenvalue weighted by atomic mass is 19.1. The first-order chi connectivity index (χ1) is 6.54. The molecule has 1 aliphatic rings. The zero-order valence-electron chi connectivity index (χ0n) is 8.13. The highest BCUT2D eigenvalue weighted by molar-refractivity contribution is 6.06. The van der Waals surface area contributed by atoms with E-state index in [0.717, 1.165) is 5.56 Å². The van der Waals surface area contributed by atoms with Crippen LogP contribution in [-0.2, 0) is 6.42 Å². The Labute approximate surface area is 81.7 Å². The quantitative estimate of drug-likeness (QED) is 0.684. The van der Waals surface area contributed by atoms with Crippen molar-refractivity contribution in [2.45, 2.75) is 19.0 Å². The molecule has 0 saturated heterocycles. The lowest BCUT2D eigenvalue weighted by molar-refractivity contribution is 0.0759. The number of carbonyl (C=O) groups excluding carboxylic acids is 1. The Balaban J connectivity index is 2.51. The van der Waals surface area contributed by atoms with Crippen molar-refractivity contribution in [3.8, 4) is 5.75 Å². The fourth-order valence-electron chi connectivity index (χ4n) is 1.77. The predicted molar refractivity (Wildman–Crippen MR) is 50.5 cm³/mol. The zero-order chi connectivity index (χ0) is 10.3. The van der Waals surface area contributed by atoms with Crippen LogP contribution in [0.15, 0.2) is 18.2 Å². The number of hydrogen-bond donors (Lipinski definition) is 0. The van der Waals surface area contributed by atoms with Gasteiger partial charge in [-0.05, 0) is 24.6 Å². The van der Waals surface area contributed by atoms with Gasteiger partial charge in [0.05, 0.1) is 7.11 Å². The van der Waals surface area contributed by atoms with Gasteiger partial charge in [0.1, 0.15) is 5.75 Å². The number of ether oxygens (including phenoxy) is 1. The lowest BCUT2D eigenvalue weighted by Crippen LogP contribution is -2.25. The monoisotopic (exact) mass is 194 g/mol. The van der Waals surface area contributed by atoms with E-state index in [9.17, 15) is 9.18 Å². The average molecular weight is 194 g/mol. The van der Waals surface area contributed by atoms with E-state index in [2.05, 4.69) is 0 Å². The van der Waals surface area contributed by atoms with Gasteiger partial charge in [-0.15, -0.1) is 0 Å². The molecule has 0 spiro atoms. The maximum absolute atomic E-state index is 13.6. The summed E-state index contributed by atoms with van der Waals surface area (Å²) in [5.74, 6) is 0.154. The molecule has 2 nitrogen and oxygen atoms in total. The normalized spacial score (nSPS) is 24.9. The van der Waals surface area contributed by atoms with Gasteiger partial charge < -0.3 is 4.74 Å². The van der Waals surface area contributed by atoms with Crippen LogP contribution < -0.4 is 4.74 Å². The van der Waals surface area contributed by atoms with Crippen LogP contribution in [0.3, 0.4) is 0 Å². The standard InChI is InChI=1S/C11H11FO2/c1-11(12)6-7-3-4-8(14-2)5-9(7)10(11)13/h3-5H,6H2,1-2H3. The van der Waals surface area contributed by atoms with Crippen molar-refractivity contribution >= 4 is 5.78 Å². The van der Waals surface area contributed by atoms with Crippen LogP contribution in [0.1, 0.15) is 22.8 Å². The summed E-state index contributed by atoms with van der Waals surface area (Å²) in [5.41, 5.74) is -0.524. The van der Waals surface area contributed by atoms with Crippen LogP contribution in [0.25, 0.3) is 0 Å². The molecule has 0 saturated carbocycles. The van der Waals surface area contributed by atoms with Gasteiger partial charge in [0, 0.05) is 12.0 Å². The largest absolute Gasteiger partial charge is 0.497 e. The summed E-state index contributed by atoms with van der Waals surface area (Å²) < 4.78 is 18.6. The molecule has 1 aromatic carbocycles. The topological polar surface area (TPSA) is 26.3 Å². The minimum Gasteiger partial charge on any atom is -0.497 e. The number of carbonyl (C=O) groups is 1. The van der Waals surface area contributed by atoms with E-state index in [-0.39, 0.29) is 6.42 Å². The minimum absolute atomic E-state index is 0.172. The summed E-state index contributed by atoms with van der Waals surface area (Å²) in [7, 11) is 1.52. The van der Waals surface area contributed by atoms with Gasteiger partial charge in [-0.1, -0.05) is 6.07 Å². The fraction of sp³-hybridized carbons (Fsp3) is 0.364.